The highest BCUT2D eigenvalue weighted by atomic mass is 16.5. The molecular weight excluding hydrogens is 180 g/mol. The molecule has 2 rings (SSSR count). The van der Waals surface area contributed by atoms with Gasteiger partial charge in [-0.1, -0.05) is 0 Å². The number of carbonyl (C=O) groups excluding carboxylic acids is 1. The van der Waals surface area contributed by atoms with Crippen LogP contribution in [0.3, 0.4) is 0 Å². The quantitative estimate of drug-likeness (QED) is 0.665. The molecule has 2 aliphatic rings. The second kappa shape index (κ2) is 4.28. The van der Waals surface area contributed by atoms with Crippen molar-refractivity contribution < 1.29 is 9.53 Å². The molecule has 2 N–H and O–H groups in total. The molecule has 0 radical (unpaired) electrons. The Morgan fingerprint density at radius 2 is 2.36 bits per heavy atom. The lowest BCUT2D eigenvalue weighted by molar-refractivity contribution is -0.123. The number of hydrogen-bond donors (Lipinski definition) is 2. The molecule has 4 nitrogen and oxygen atoms in total. The lowest BCUT2D eigenvalue weighted by Gasteiger charge is -2.27. The second-order valence-corrected chi connectivity index (χ2v) is 4.27. The summed E-state index contributed by atoms with van der Waals surface area (Å²) in [5.74, 6) is 0.728. The van der Waals surface area contributed by atoms with Crippen LogP contribution < -0.4 is 10.6 Å². The maximum absolute atomic E-state index is 11.6. The van der Waals surface area contributed by atoms with Crippen LogP contribution in [-0.4, -0.2) is 37.7 Å². The van der Waals surface area contributed by atoms with Crippen molar-refractivity contribution in [1.82, 2.24) is 10.6 Å². The van der Waals surface area contributed by atoms with E-state index in [1.165, 1.54) is 0 Å². The van der Waals surface area contributed by atoms with Gasteiger partial charge in [0.1, 0.15) is 0 Å². The lowest BCUT2D eigenvalue weighted by atomic mass is 9.98. The first-order chi connectivity index (χ1) is 6.75. The molecule has 1 amide bonds. The molecule has 2 atom stereocenters. The minimum atomic E-state index is 0.179. The Hall–Kier alpha value is -0.610. The largest absolute Gasteiger partial charge is 0.376 e. The van der Waals surface area contributed by atoms with E-state index in [4.69, 9.17) is 4.74 Å². The molecule has 0 aromatic heterocycles. The van der Waals surface area contributed by atoms with Gasteiger partial charge >= 0.3 is 0 Å². The van der Waals surface area contributed by atoms with Crippen molar-refractivity contribution in [3.8, 4) is 0 Å². The lowest BCUT2D eigenvalue weighted by Crippen LogP contribution is -2.46. The molecule has 2 unspecified atom stereocenters. The van der Waals surface area contributed by atoms with E-state index in [0.29, 0.717) is 12.3 Å². The third-order valence-electron chi connectivity index (χ3n) is 3.06. The SMILES string of the molecule is CC1OCCC1NC(=O)CC1CNC1. The predicted molar refractivity (Wildman–Crippen MR) is 52.9 cm³/mol. The first kappa shape index (κ1) is 9.93. The van der Waals surface area contributed by atoms with E-state index in [1.54, 1.807) is 0 Å². The fraction of sp³-hybridized carbons (Fsp3) is 0.900. The van der Waals surface area contributed by atoms with Gasteiger partial charge in [-0.15, -0.1) is 0 Å². The molecule has 0 saturated carbocycles. The third kappa shape index (κ3) is 2.25. The molecule has 0 aliphatic carbocycles. The van der Waals surface area contributed by atoms with Crippen LogP contribution in [0.1, 0.15) is 19.8 Å². The van der Waals surface area contributed by atoms with Crippen LogP contribution in [0, 0.1) is 5.92 Å². The summed E-state index contributed by atoms with van der Waals surface area (Å²) >= 11 is 0. The van der Waals surface area contributed by atoms with Crippen molar-refractivity contribution in [1.29, 1.82) is 0 Å². The fourth-order valence-electron chi connectivity index (χ4n) is 1.94. The monoisotopic (exact) mass is 198 g/mol. The molecule has 0 aromatic carbocycles. The van der Waals surface area contributed by atoms with Crippen molar-refractivity contribution in [2.75, 3.05) is 19.7 Å². The van der Waals surface area contributed by atoms with Crippen LogP contribution in [0.15, 0.2) is 0 Å². The second-order valence-electron chi connectivity index (χ2n) is 4.27. The standard InChI is InChI=1S/C10H18N2O2/c1-7-9(2-3-14-7)12-10(13)4-8-5-11-6-8/h7-9,11H,2-6H2,1H3,(H,12,13). The molecule has 2 heterocycles. The summed E-state index contributed by atoms with van der Waals surface area (Å²) in [6.45, 7) is 4.77. The van der Waals surface area contributed by atoms with Crippen molar-refractivity contribution >= 4 is 5.91 Å². The van der Waals surface area contributed by atoms with Crippen LogP contribution in [0.25, 0.3) is 0 Å². The molecule has 14 heavy (non-hydrogen) atoms. The van der Waals surface area contributed by atoms with Gasteiger partial charge in [0, 0.05) is 13.0 Å². The Bertz CT molecular complexity index is 216. The van der Waals surface area contributed by atoms with Gasteiger partial charge in [0.2, 0.25) is 5.91 Å². The van der Waals surface area contributed by atoms with E-state index >= 15 is 0 Å². The van der Waals surface area contributed by atoms with E-state index in [0.717, 1.165) is 26.1 Å². The Morgan fingerprint density at radius 3 is 2.86 bits per heavy atom. The molecule has 0 spiro atoms. The van der Waals surface area contributed by atoms with Crippen LogP contribution in [0.5, 0.6) is 0 Å². The summed E-state index contributed by atoms with van der Waals surface area (Å²) in [7, 11) is 0. The Kier molecular flexibility index (Phi) is 3.03. The zero-order valence-electron chi connectivity index (χ0n) is 8.58. The smallest absolute Gasteiger partial charge is 0.220 e. The number of ether oxygens (including phenoxy) is 1. The zero-order chi connectivity index (χ0) is 9.97. The predicted octanol–water partition coefficient (Wildman–Crippen LogP) is -0.110. The van der Waals surface area contributed by atoms with Gasteiger partial charge in [0.15, 0.2) is 0 Å². The van der Waals surface area contributed by atoms with Crippen molar-refractivity contribution in [3.05, 3.63) is 0 Å². The van der Waals surface area contributed by atoms with Gasteiger partial charge in [0.05, 0.1) is 12.1 Å². The highest BCUT2D eigenvalue weighted by Crippen LogP contribution is 2.14. The number of carbonyl (C=O) groups is 1. The molecule has 0 aromatic rings. The Balaban J connectivity index is 1.70. The number of amides is 1. The molecule has 2 fully saturated rings. The number of rotatable bonds is 3. The maximum Gasteiger partial charge on any atom is 0.220 e. The van der Waals surface area contributed by atoms with Crippen molar-refractivity contribution in [2.45, 2.75) is 31.9 Å². The van der Waals surface area contributed by atoms with Crippen LogP contribution in [0.2, 0.25) is 0 Å². The number of hydrogen-bond acceptors (Lipinski definition) is 3. The van der Waals surface area contributed by atoms with Gasteiger partial charge in [-0.25, -0.2) is 0 Å². The van der Waals surface area contributed by atoms with Gasteiger partial charge in [-0.2, -0.15) is 0 Å². The van der Waals surface area contributed by atoms with Gasteiger partial charge in [-0.05, 0) is 32.4 Å². The van der Waals surface area contributed by atoms with Crippen LogP contribution in [-0.2, 0) is 9.53 Å². The Labute approximate surface area is 84.4 Å². The van der Waals surface area contributed by atoms with E-state index < -0.39 is 0 Å². The van der Waals surface area contributed by atoms with Gasteiger partial charge < -0.3 is 15.4 Å². The van der Waals surface area contributed by atoms with E-state index in [-0.39, 0.29) is 18.1 Å². The summed E-state index contributed by atoms with van der Waals surface area (Å²) in [6.07, 6.45) is 1.80. The zero-order valence-corrected chi connectivity index (χ0v) is 8.58. The average molecular weight is 198 g/mol. The molecular formula is C10H18N2O2. The average Bonchev–Trinajstić information content (AvgIpc) is 2.45. The molecule has 0 bridgehead atoms. The first-order valence-electron chi connectivity index (χ1n) is 5.37. The minimum absolute atomic E-state index is 0.179. The topological polar surface area (TPSA) is 50.4 Å². The molecule has 2 saturated heterocycles. The fourth-order valence-corrected chi connectivity index (χ4v) is 1.94. The summed E-state index contributed by atoms with van der Waals surface area (Å²) in [5, 5.41) is 6.20. The van der Waals surface area contributed by atoms with Crippen molar-refractivity contribution in [3.63, 3.8) is 0 Å². The highest BCUT2D eigenvalue weighted by Gasteiger charge is 2.27. The van der Waals surface area contributed by atoms with Gasteiger partial charge in [0.25, 0.3) is 0 Å². The third-order valence-corrected chi connectivity index (χ3v) is 3.06. The maximum atomic E-state index is 11.6. The summed E-state index contributed by atoms with van der Waals surface area (Å²) in [4.78, 5) is 11.6. The van der Waals surface area contributed by atoms with Crippen LogP contribution in [0.4, 0.5) is 0 Å². The van der Waals surface area contributed by atoms with Crippen LogP contribution >= 0.6 is 0 Å². The molecule has 80 valence electrons. The normalized spacial score (nSPS) is 32.6. The first-order valence-corrected chi connectivity index (χ1v) is 5.37. The summed E-state index contributed by atoms with van der Waals surface area (Å²) < 4.78 is 5.38. The van der Waals surface area contributed by atoms with E-state index in [1.807, 2.05) is 6.92 Å². The molecule has 4 heteroatoms. The summed E-state index contributed by atoms with van der Waals surface area (Å²) in [6, 6.07) is 0.232. The molecule has 2 aliphatic heterocycles. The van der Waals surface area contributed by atoms with E-state index in [2.05, 4.69) is 10.6 Å². The number of nitrogens with one attached hydrogen (secondary N) is 2. The van der Waals surface area contributed by atoms with Gasteiger partial charge in [-0.3, -0.25) is 4.79 Å². The summed E-state index contributed by atoms with van der Waals surface area (Å²) in [5.41, 5.74) is 0. The Morgan fingerprint density at radius 1 is 1.57 bits per heavy atom. The van der Waals surface area contributed by atoms with E-state index in [9.17, 15) is 4.79 Å². The highest BCUT2D eigenvalue weighted by molar-refractivity contribution is 5.76. The minimum Gasteiger partial charge on any atom is -0.376 e. The van der Waals surface area contributed by atoms with Crippen molar-refractivity contribution in [2.24, 2.45) is 5.92 Å².